The number of nitriles is 1. The molecule has 0 radical (unpaired) electrons. The van der Waals surface area contributed by atoms with Crippen molar-refractivity contribution in [2.75, 3.05) is 18.6 Å². The molecule has 0 unspecified atom stereocenters. The van der Waals surface area contributed by atoms with Crippen LogP contribution in [0.5, 0.6) is 5.75 Å². The molecule has 0 aliphatic rings. The number of hydrogen-bond donors (Lipinski definition) is 0. The molecule has 0 atom stereocenters. The van der Waals surface area contributed by atoms with E-state index >= 15 is 0 Å². The number of carbonyl (C=O) groups excluding carboxylic acids is 1. The molecule has 0 bridgehead atoms. The van der Waals surface area contributed by atoms with Gasteiger partial charge in [-0.15, -0.1) is 0 Å². The third-order valence-electron chi connectivity index (χ3n) is 5.70. The average molecular weight is 482 g/mol. The van der Waals surface area contributed by atoms with Gasteiger partial charge in [-0.2, -0.15) is 5.26 Å². The van der Waals surface area contributed by atoms with Gasteiger partial charge < -0.3 is 9.47 Å². The predicted octanol–water partition coefficient (Wildman–Crippen LogP) is 5.76. The van der Waals surface area contributed by atoms with Crippen molar-refractivity contribution in [3.05, 3.63) is 78.2 Å². The number of pyridine rings is 1. The first-order valence-electron chi connectivity index (χ1n) is 11.7. The number of nitrogens with zero attached hydrogens (tertiary/aromatic N) is 5. The van der Waals surface area contributed by atoms with Crippen molar-refractivity contribution in [3.8, 4) is 22.9 Å². The summed E-state index contributed by atoms with van der Waals surface area (Å²) in [4.78, 5) is 27.7. The molecule has 2 aromatic heterocycles. The molecule has 0 fully saturated rings. The van der Waals surface area contributed by atoms with Gasteiger partial charge >= 0.3 is 6.09 Å². The van der Waals surface area contributed by atoms with E-state index < -0.39 is 6.09 Å². The van der Waals surface area contributed by atoms with Crippen LogP contribution >= 0.6 is 0 Å². The zero-order chi connectivity index (χ0) is 25.5. The maximum atomic E-state index is 13.1. The molecule has 1 amide bonds. The van der Waals surface area contributed by atoms with Gasteiger partial charge in [0.2, 0.25) is 5.95 Å². The fraction of sp³-hybridized carbons (Fsp3) is 0.250. The van der Waals surface area contributed by atoms with E-state index in [-0.39, 0.29) is 18.2 Å². The molecule has 8 heteroatoms. The van der Waals surface area contributed by atoms with Gasteiger partial charge in [0, 0.05) is 36.0 Å². The van der Waals surface area contributed by atoms with Crippen LogP contribution in [0.2, 0.25) is 0 Å². The minimum atomic E-state index is -0.567. The Morgan fingerprint density at radius 3 is 2.50 bits per heavy atom. The number of aromatic nitrogens is 3. The lowest BCUT2D eigenvalue weighted by Gasteiger charge is -2.22. The van der Waals surface area contributed by atoms with Crippen molar-refractivity contribution in [1.82, 2.24) is 15.0 Å². The summed E-state index contributed by atoms with van der Waals surface area (Å²) in [5.41, 5.74) is 3.22. The lowest BCUT2D eigenvalue weighted by Crippen LogP contribution is -2.34. The first kappa shape index (κ1) is 24.6. The topological polar surface area (TPSA) is 101 Å². The molecule has 8 nitrogen and oxygen atoms in total. The largest absolute Gasteiger partial charge is 0.496 e. The maximum Gasteiger partial charge on any atom is 0.417 e. The highest BCUT2D eigenvalue weighted by atomic mass is 16.6. The van der Waals surface area contributed by atoms with E-state index in [9.17, 15) is 10.1 Å². The highest BCUT2D eigenvalue weighted by Crippen LogP contribution is 2.35. The van der Waals surface area contributed by atoms with Crippen LogP contribution in [0.4, 0.5) is 10.7 Å². The molecule has 0 aliphatic carbocycles. The second-order valence-corrected chi connectivity index (χ2v) is 8.66. The molecular weight excluding hydrogens is 454 g/mol. The molecule has 0 saturated heterocycles. The van der Waals surface area contributed by atoms with Crippen LogP contribution in [0.3, 0.4) is 0 Å². The molecule has 2 heterocycles. The van der Waals surface area contributed by atoms with Gasteiger partial charge in [0.15, 0.2) is 5.69 Å². The van der Waals surface area contributed by atoms with Crippen LogP contribution in [0, 0.1) is 17.2 Å². The van der Waals surface area contributed by atoms with E-state index in [1.165, 1.54) is 4.90 Å². The van der Waals surface area contributed by atoms with Gasteiger partial charge in [0.05, 0.1) is 12.6 Å². The van der Waals surface area contributed by atoms with E-state index in [2.05, 4.69) is 34.9 Å². The third kappa shape index (κ3) is 5.58. The summed E-state index contributed by atoms with van der Waals surface area (Å²) in [6.07, 6.45) is 3.53. The normalized spacial score (nSPS) is 10.8. The molecule has 4 aromatic rings. The van der Waals surface area contributed by atoms with E-state index in [1.807, 2.05) is 48.5 Å². The Labute approximate surface area is 210 Å². The van der Waals surface area contributed by atoms with Gasteiger partial charge in [-0.3, -0.25) is 4.98 Å². The number of ether oxygens (including phenoxy) is 2. The Hall–Kier alpha value is -4.51. The third-order valence-corrected chi connectivity index (χ3v) is 5.70. The van der Waals surface area contributed by atoms with Crippen molar-refractivity contribution >= 4 is 22.9 Å². The van der Waals surface area contributed by atoms with Gasteiger partial charge in [0.1, 0.15) is 18.4 Å². The molecule has 36 heavy (non-hydrogen) atoms. The number of anilines is 1. The van der Waals surface area contributed by atoms with Crippen LogP contribution < -0.4 is 9.64 Å². The SMILES string of the molecule is COc1cc2nc(N(CCC(C)C)C(=O)OCc3ccccc3)nc(C#N)c2cc1-c1ccncc1. The Morgan fingerprint density at radius 1 is 1.08 bits per heavy atom. The van der Waals surface area contributed by atoms with Crippen molar-refractivity contribution in [2.24, 2.45) is 5.92 Å². The minimum Gasteiger partial charge on any atom is -0.496 e. The van der Waals surface area contributed by atoms with Gasteiger partial charge in [-0.1, -0.05) is 44.2 Å². The van der Waals surface area contributed by atoms with Crippen LogP contribution in [-0.4, -0.2) is 34.7 Å². The predicted molar refractivity (Wildman–Crippen MR) is 137 cm³/mol. The number of hydrogen-bond acceptors (Lipinski definition) is 7. The smallest absolute Gasteiger partial charge is 0.417 e. The van der Waals surface area contributed by atoms with Gasteiger partial charge in [0.25, 0.3) is 0 Å². The highest BCUT2D eigenvalue weighted by molar-refractivity contribution is 5.93. The quantitative estimate of drug-likeness (QED) is 0.315. The molecule has 182 valence electrons. The second kappa shape index (κ2) is 11.3. The molecule has 0 saturated carbocycles. The van der Waals surface area contributed by atoms with E-state index in [4.69, 9.17) is 9.47 Å². The summed E-state index contributed by atoms with van der Waals surface area (Å²) in [6.45, 7) is 4.62. The Morgan fingerprint density at radius 2 is 1.83 bits per heavy atom. The zero-order valence-electron chi connectivity index (χ0n) is 20.5. The molecule has 0 N–H and O–H groups in total. The summed E-state index contributed by atoms with van der Waals surface area (Å²) >= 11 is 0. The molecule has 4 rings (SSSR count). The van der Waals surface area contributed by atoms with Crippen LogP contribution in [-0.2, 0) is 11.3 Å². The van der Waals surface area contributed by atoms with Crippen molar-refractivity contribution in [1.29, 1.82) is 5.26 Å². The van der Waals surface area contributed by atoms with Crippen molar-refractivity contribution in [2.45, 2.75) is 26.9 Å². The molecule has 0 aliphatic heterocycles. The first-order chi connectivity index (χ1) is 17.5. The second-order valence-electron chi connectivity index (χ2n) is 8.66. The van der Waals surface area contributed by atoms with Crippen LogP contribution in [0.1, 0.15) is 31.5 Å². The van der Waals surface area contributed by atoms with Crippen molar-refractivity contribution < 1.29 is 14.3 Å². The summed E-state index contributed by atoms with van der Waals surface area (Å²) in [5.74, 6) is 1.05. The number of benzene rings is 2. The molecular formula is C28H27N5O3. The van der Waals surface area contributed by atoms with E-state index in [1.54, 1.807) is 25.6 Å². The Bertz CT molecular complexity index is 1390. The number of fused-ring (bicyclic) bond motifs is 1. The fourth-order valence-corrected chi connectivity index (χ4v) is 3.73. The Kier molecular flexibility index (Phi) is 7.71. The van der Waals surface area contributed by atoms with E-state index in [0.29, 0.717) is 35.5 Å². The van der Waals surface area contributed by atoms with Crippen LogP contribution in [0.25, 0.3) is 22.0 Å². The lowest BCUT2D eigenvalue weighted by atomic mass is 10.0. The van der Waals surface area contributed by atoms with Gasteiger partial charge in [-0.05, 0) is 41.7 Å². The first-order valence-corrected chi connectivity index (χ1v) is 11.7. The molecule has 2 aromatic carbocycles. The minimum absolute atomic E-state index is 0.122. The molecule has 0 spiro atoms. The summed E-state index contributed by atoms with van der Waals surface area (Å²) < 4.78 is 11.2. The summed E-state index contributed by atoms with van der Waals surface area (Å²) in [6, 6.07) is 18.9. The lowest BCUT2D eigenvalue weighted by molar-refractivity contribution is 0.146. The highest BCUT2D eigenvalue weighted by Gasteiger charge is 2.23. The number of amides is 1. The number of rotatable bonds is 8. The number of methoxy groups -OCH3 is 1. The zero-order valence-corrected chi connectivity index (χ0v) is 20.5. The van der Waals surface area contributed by atoms with Crippen molar-refractivity contribution in [3.63, 3.8) is 0 Å². The van der Waals surface area contributed by atoms with Crippen LogP contribution in [0.15, 0.2) is 67.0 Å². The Balaban J connectivity index is 1.74. The fourth-order valence-electron chi connectivity index (χ4n) is 3.73. The van der Waals surface area contributed by atoms with Gasteiger partial charge in [-0.25, -0.2) is 19.7 Å². The standard InChI is InChI=1S/C28H27N5O3/c1-19(2)11-14-33(28(34)36-18-20-7-5-4-6-8-20)27-31-24-16-26(35-3)22(21-9-12-30-13-10-21)15-23(24)25(17-29)32-27/h4-10,12-13,15-16,19H,11,14,18H2,1-3H3. The average Bonchev–Trinajstić information content (AvgIpc) is 2.91. The summed E-state index contributed by atoms with van der Waals surface area (Å²) in [5, 5.41) is 10.5. The maximum absolute atomic E-state index is 13.1. The number of carbonyl (C=O) groups is 1. The van der Waals surface area contributed by atoms with E-state index in [0.717, 1.165) is 16.7 Å². The summed E-state index contributed by atoms with van der Waals surface area (Å²) in [7, 11) is 1.58. The monoisotopic (exact) mass is 481 g/mol.